The molecule has 2 saturated heterocycles. The van der Waals surface area contributed by atoms with Gasteiger partial charge >= 0.3 is 0 Å². The summed E-state index contributed by atoms with van der Waals surface area (Å²) in [6, 6.07) is 0. The molecule has 80 valence electrons. The quantitative estimate of drug-likeness (QED) is 0.687. The van der Waals surface area contributed by atoms with Crippen LogP contribution in [-0.4, -0.2) is 38.6 Å². The first-order valence-corrected chi connectivity index (χ1v) is 5.26. The molecular formula is C10H18O3Ti. The standard InChI is InChI=1S/C10H18O3.Ti/c1-3-9(12-5-1)7-11-8-10-4-2-6-13-10;/h9-10H,1-8H2;. The maximum absolute atomic E-state index is 5.55. The van der Waals surface area contributed by atoms with Crippen LogP contribution in [0.3, 0.4) is 0 Å². The third-order valence-corrected chi connectivity index (χ3v) is 2.66. The van der Waals surface area contributed by atoms with Crippen LogP contribution in [0.25, 0.3) is 0 Å². The molecule has 0 aromatic rings. The second kappa shape index (κ2) is 6.97. The molecule has 0 bridgehead atoms. The molecule has 0 aliphatic carbocycles. The van der Waals surface area contributed by atoms with Crippen molar-refractivity contribution < 1.29 is 35.9 Å². The monoisotopic (exact) mass is 234 g/mol. The van der Waals surface area contributed by atoms with Crippen LogP contribution in [0.2, 0.25) is 0 Å². The number of rotatable bonds is 4. The maximum atomic E-state index is 5.55. The molecule has 2 aliphatic heterocycles. The Hall–Kier alpha value is 0.594. The fourth-order valence-electron chi connectivity index (χ4n) is 1.88. The van der Waals surface area contributed by atoms with Crippen LogP contribution in [0.5, 0.6) is 0 Å². The smallest absolute Gasteiger partial charge is 0.0809 e. The molecule has 2 fully saturated rings. The normalized spacial score (nSPS) is 31.7. The minimum atomic E-state index is 0. The van der Waals surface area contributed by atoms with E-state index in [0.717, 1.165) is 39.3 Å². The Balaban J connectivity index is 0.000000980. The number of ether oxygens (including phenoxy) is 3. The van der Waals surface area contributed by atoms with Crippen LogP contribution in [-0.2, 0) is 35.9 Å². The summed E-state index contributed by atoms with van der Waals surface area (Å²) in [7, 11) is 0. The average molecular weight is 234 g/mol. The predicted molar refractivity (Wildman–Crippen MR) is 48.8 cm³/mol. The van der Waals surface area contributed by atoms with E-state index in [4.69, 9.17) is 14.2 Å². The van der Waals surface area contributed by atoms with Gasteiger partial charge in [0.05, 0.1) is 25.4 Å². The molecule has 0 N–H and O–H groups in total. The minimum Gasteiger partial charge on any atom is -0.376 e. The van der Waals surface area contributed by atoms with E-state index in [0.29, 0.717) is 12.2 Å². The topological polar surface area (TPSA) is 27.7 Å². The zero-order valence-electron chi connectivity index (χ0n) is 8.54. The van der Waals surface area contributed by atoms with Crippen molar-refractivity contribution in [3.8, 4) is 0 Å². The van der Waals surface area contributed by atoms with Crippen molar-refractivity contribution in [3.05, 3.63) is 0 Å². The number of hydrogen-bond donors (Lipinski definition) is 0. The summed E-state index contributed by atoms with van der Waals surface area (Å²) in [5.41, 5.74) is 0. The van der Waals surface area contributed by atoms with Gasteiger partial charge < -0.3 is 14.2 Å². The van der Waals surface area contributed by atoms with Gasteiger partial charge in [-0.3, -0.25) is 0 Å². The van der Waals surface area contributed by atoms with Gasteiger partial charge in [-0.1, -0.05) is 0 Å². The van der Waals surface area contributed by atoms with Crippen LogP contribution in [0.15, 0.2) is 0 Å². The number of hydrogen-bond acceptors (Lipinski definition) is 3. The zero-order valence-corrected chi connectivity index (χ0v) is 10.1. The first kappa shape index (κ1) is 12.7. The van der Waals surface area contributed by atoms with Gasteiger partial charge in [0, 0.05) is 34.9 Å². The summed E-state index contributed by atoms with van der Waals surface area (Å²) in [4.78, 5) is 0. The van der Waals surface area contributed by atoms with E-state index in [1.165, 1.54) is 12.8 Å². The van der Waals surface area contributed by atoms with Crippen LogP contribution >= 0.6 is 0 Å². The summed E-state index contributed by atoms with van der Waals surface area (Å²) in [5.74, 6) is 0. The van der Waals surface area contributed by atoms with Crippen molar-refractivity contribution in [2.45, 2.75) is 37.9 Å². The van der Waals surface area contributed by atoms with Crippen molar-refractivity contribution in [1.82, 2.24) is 0 Å². The molecule has 3 nitrogen and oxygen atoms in total. The van der Waals surface area contributed by atoms with Gasteiger partial charge in [0.1, 0.15) is 0 Å². The molecule has 14 heavy (non-hydrogen) atoms. The zero-order chi connectivity index (χ0) is 8.93. The fourth-order valence-corrected chi connectivity index (χ4v) is 1.88. The molecule has 0 aromatic heterocycles. The van der Waals surface area contributed by atoms with E-state index in [9.17, 15) is 0 Å². The Kier molecular flexibility index (Phi) is 6.30. The second-order valence-electron chi connectivity index (χ2n) is 3.81. The van der Waals surface area contributed by atoms with Gasteiger partial charge in [0.2, 0.25) is 0 Å². The minimum absolute atomic E-state index is 0. The second-order valence-corrected chi connectivity index (χ2v) is 3.81. The van der Waals surface area contributed by atoms with Crippen LogP contribution in [0.1, 0.15) is 25.7 Å². The Morgan fingerprint density at radius 1 is 0.929 bits per heavy atom. The molecule has 0 saturated carbocycles. The van der Waals surface area contributed by atoms with Gasteiger partial charge in [-0.05, 0) is 25.7 Å². The first-order valence-electron chi connectivity index (χ1n) is 5.26. The largest absolute Gasteiger partial charge is 0.376 e. The predicted octanol–water partition coefficient (Wildman–Crippen LogP) is 1.36. The van der Waals surface area contributed by atoms with E-state index < -0.39 is 0 Å². The summed E-state index contributed by atoms with van der Waals surface area (Å²) in [6.07, 6.45) is 5.39. The molecule has 0 amide bonds. The Labute approximate surface area is 100 Å². The molecule has 0 aromatic carbocycles. The molecule has 2 heterocycles. The molecule has 2 rings (SSSR count). The molecule has 4 heteroatoms. The molecule has 2 atom stereocenters. The van der Waals surface area contributed by atoms with Crippen molar-refractivity contribution >= 4 is 0 Å². The molecule has 0 spiro atoms. The van der Waals surface area contributed by atoms with Crippen LogP contribution in [0.4, 0.5) is 0 Å². The molecule has 2 unspecified atom stereocenters. The van der Waals surface area contributed by atoms with Gasteiger partial charge in [-0.2, -0.15) is 0 Å². The van der Waals surface area contributed by atoms with Crippen molar-refractivity contribution in [2.24, 2.45) is 0 Å². The fraction of sp³-hybridized carbons (Fsp3) is 1.00. The molecule has 2 aliphatic rings. The Morgan fingerprint density at radius 3 is 1.79 bits per heavy atom. The summed E-state index contributed by atoms with van der Waals surface area (Å²) < 4.78 is 16.5. The van der Waals surface area contributed by atoms with E-state index in [-0.39, 0.29) is 21.7 Å². The van der Waals surface area contributed by atoms with Crippen LogP contribution in [0, 0.1) is 0 Å². The third-order valence-electron chi connectivity index (χ3n) is 2.66. The van der Waals surface area contributed by atoms with Gasteiger partial charge in [-0.25, -0.2) is 0 Å². The Morgan fingerprint density at radius 2 is 1.43 bits per heavy atom. The van der Waals surface area contributed by atoms with Crippen molar-refractivity contribution in [1.29, 1.82) is 0 Å². The van der Waals surface area contributed by atoms with Gasteiger partial charge in [0.15, 0.2) is 0 Å². The molecular weight excluding hydrogens is 216 g/mol. The maximum Gasteiger partial charge on any atom is 0.0809 e. The first-order chi connectivity index (χ1) is 6.45. The van der Waals surface area contributed by atoms with E-state index >= 15 is 0 Å². The van der Waals surface area contributed by atoms with Crippen LogP contribution < -0.4 is 0 Å². The van der Waals surface area contributed by atoms with Crippen molar-refractivity contribution in [2.75, 3.05) is 26.4 Å². The summed E-state index contributed by atoms with van der Waals surface area (Å²) >= 11 is 0. The summed E-state index contributed by atoms with van der Waals surface area (Å²) in [6.45, 7) is 3.32. The average Bonchev–Trinajstić information content (AvgIpc) is 2.75. The molecule has 0 radical (unpaired) electrons. The van der Waals surface area contributed by atoms with Crippen molar-refractivity contribution in [3.63, 3.8) is 0 Å². The van der Waals surface area contributed by atoms with Gasteiger partial charge in [-0.15, -0.1) is 0 Å². The Bertz CT molecular complexity index is 126. The summed E-state index contributed by atoms with van der Waals surface area (Å²) in [5, 5.41) is 0. The van der Waals surface area contributed by atoms with E-state index in [2.05, 4.69) is 0 Å². The SMILES string of the molecule is C1COC(COCC2CCCO2)C1.[Ti]. The van der Waals surface area contributed by atoms with E-state index in [1.54, 1.807) is 0 Å². The van der Waals surface area contributed by atoms with E-state index in [1.807, 2.05) is 0 Å². The third kappa shape index (κ3) is 3.99. The van der Waals surface area contributed by atoms with Gasteiger partial charge in [0.25, 0.3) is 0 Å².